The van der Waals surface area contributed by atoms with Crippen molar-refractivity contribution in [3.05, 3.63) is 69.8 Å². The van der Waals surface area contributed by atoms with Crippen molar-refractivity contribution in [2.24, 2.45) is 5.92 Å². The minimum Gasteiger partial charge on any atom is -0.480 e. The van der Waals surface area contributed by atoms with Crippen LogP contribution in [0.2, 0.25) is 0 Å². The highest BCUT2D eigenvalue weighted by molar-refractivity contribution is 5.98. The number of non-ortho nitro benzene ring substituents is 1. The van der Waals surface area contributed by atoms with Crippen molar-refractivity contribution in [1.82, 2.24) is 20.4 Å². The van der Waals surface area contributed by atoms with E-state index in [1.165, 1.54) is 17.0 Å². The first-order chi connectivity index (χ1) is 19.9. The SMILES string of the molecule is Cc1ccc([N+](=O)[O-])cc1C(=O)NC(CNC(=O)N1CCC2(CC1)C(=O)N(CC(C)C)CN2c1ccccc1)C(=O)O. The first-order valence-electron chi connectivity index (χ1n) is 13.9. The monoisotopic (exact) mass is 580 g/mol. The van der Waals surface area contributed by atoms with E-state index >= 15 is 0 Å². The molecule has 2 aromatic rings. The van der Waals surface area contributed by atoms with Crippen LogP contribution in [0.1, 0.15) is 42.6 Å². The second-order valence-electron chi connectivity index (χ2n) is 11.2. The fraction of sp³-hybridized carbons (Fsp3) is 0.448. The Balaban J connectivity index is 1.40. The summed E-state index contributed by atoms with van der Waals surface area (Å²) in [6.07, 6.45) is 0.821. The number of nitro groups is 1. The summed E-state index contributed by atoms with van der Waals surface area (Å²) >= 11 is 0. The number of urea groups is 1. The number of hydrogen-bond donors (Lipinski definition) is 3. The molecule has 2 aliphatic rings. The van der Waals surface area contributed by atoms with Crippen LogP contribution in [0.4, 0.5) is 16.2 Å². The number of benzene rings is 2. The zero-order valence-electron chi connectivity index (χ0n) is 23.9. The number of nitrogens with zero attached hydrogens (tertiary/aromatic N) is 4. The van der Waals surface area contributed by atoms with Gasteiger partial charge in [-0.2, -0.15) is 0 Å². The van der Waals surface area contributed by atoms with E-state index < -0.39 is 41.0 Å². The third-order valence-corrected chi connectivity index (χ3v) is 7.78. The first-order valence-corrected chi connectivity index (χ1v) is 13.9. The van der Waals surface area contributed by atoms with E-state index in [0.717, 1.165) is 11.8 Å². The number of carboxylic acid groups (broad SMARTS) is 1. The maximum Gasteiger partial charge on any atom is 0.328 e. The van der Waals surface area contributed by atoms with E-state index in [2.05, 4.69) is 29.4 Å². The van der Waals surface area contributed by atoms with Gasteiger partial charge in [-0.3, -0.25) is 19.7 Å². The summed E-state index contributed by atoms with van der Waals surface area (Å²) in [5.74, 6) is -1.82. The van der Waals surface area contributed by atoms with Gasteiger partial charge in [0, 0.05) is 43.0 Å². The summed E-state index contributed by atoms with van der Waals surface area (Å²) in [7, 11) is 0. The molecule has 1 unspecified atom stereocenters. The molecule has 42 heavy (non-hydrogen) atoms. The molecule has 2 saturated heterocycles. The lowest BCUT2D eigenvalue weighted by atomic mass is 9.85. The number of piperidine rings is 1. The molecule has 1 spiro atoms. The van der Waals surface area contributed by atoms with Crippen molar-refractivity contribution in [3.63, 3.8) is 0 Å². The Kier molecular flexibility index (Phi) is 8.98. The Labute approximate surface area is 243 Å². The average molecular weight is 581 g/mol. The van der Waals surface area contributed by atoms with E-state index in [1.807, 2.05) is 35.2 Å². The number of nitrogens with one attached hydrogen (secondary N) is 2. The third-order valence-electron chi connectivity index (χ3n) is 7.78. The molecular formula is C29H36N6O7. The molecular weight excluding hydrogens is 544 g/mol. The van der Waals surface area contributed by atoms with Crippen LogP contribution in [0.15, 0.2) is 48.5 Å². The molecule has 0 aliphatic carbocycles. The molecule has 13 heteroatoms. The Hall–Kier alpha value is -4.68. The average Bonchev–Trinajstić information content (AvgIpc) is 3.21. The van der Waals surface area contributed by atoms with Crippen LogP contribution in [0.25, 0.3) is 0 Å². The minimum atomic E-state index is -1.47. The van der Waals surface area contributed by atoms with Gasteiger partial charge in [-0.25, -0.2) is 9.59 Å². The van der Waals surface area contributed by atoms with Gasteiger partial charge in [0.1, 0.15) is 11.6 Å². The van der Waals surface area contributed by atoms with Crippen LogP contribution in [0.5, 0.6) is 0 Å². The minimum absolute atomic E-state index is 0.0289. The molecule has 2 aliphatic heterocycles. The molecule has 2 fully saturated rings. The Morgan fingerprint density at radius 1 is 1.10 bits per heavy atom. The van der Waals surface area contributed by atoms with Gasteiger partial charge in [0.05, 0.1) is 18.1 Å². The van der Waals surface area contributed by atoms with Gasteiger partial charge in [0.2, 0.25) is 5.91 Å². The number of nitro benzene ring substituents is 1. The smallest absolute Gasteiger partial charge is 0.328 e. The predicted octanol–water partition coefficient (Wildman–Crippen LogP) is 2.59. The number of anilines is 1. The summed E-state index contributed by atoms with van der Waals surface area (Å²) in [5.41, 5.74) is 0.271. The number of para-hydroxylation sites is 1. The van der Waals surface area contributed by atoms with E-state index in [-0.39, 0.29) is 30.2 Å². The lowest BCUT2D eigenvalue weighted by Crippen LogP contribution is -2.59. The fourth-order valence-corrected chi connectivity index (χ4v) is 5.57. The molecule has 2 heterocycles. The number of amides is 4. The van der Waals surface area contributed by atoms with Crippen LogP contribution in [0, 0.1) is 23.0 Å². The van der Waals surface area contributed by atoms with Crippen LogP contribution < -0.4 is 15.5 Å². The van der Waals surface area contributed by atoms with Gasteiger partial charge in [0.25, 0.3) is 11.6 Å². The van der Waals surface area contributed by atoms with Crippen molar-refractivity contribution >= 4 is 35.2 Å². The van der Waals surface area contributed by atoms with Crippen molar-refractivity contribution < 1.29 is 29.2 Å². The molecule has 13 nitrogen and oxygen atoms in total. The summed E-state index contributed by atoms with van der Waals surface area (Å²) < 4.78 is 0. The molecule has 0 bridgehead atoms. The normalized spacial score (nSPS) is 17.0. The number of carboxylic acids is 1. The zero-order valence-corrected chi connectivity index (χ0v) is 23.9. The molecule has 3 N–H and O–H groups in total. The molecule has 0 radical (unpaired) electrons. The van der Waals surface area contributed by atoms with Gasteiger partial charge in [-0.1, -0.05) is 38.1 Å². The van der Waals surface area contributed by atoms with Crippen molar-refractivity contribution in [2.75, 3.05) is 37.7 Å². The van der Waals surface area contributed by atoms with Crippen molar-refractivity contribution in [3.8, 4) is 0 Å². The van der Waals surface area contributed by atoms with Gasteiger partial charge in [-0.05, 0) is 43.4 Å². The second kappa shape index (κ2) is 12.5. The number of aryl methyl sites for hydroxylation is 1. The number of carbonyl (C=O) groups is 4. The predicted molar refractivity (Wildman–Crippen MR) is 154 cm³/mol. The maximum atomic E-state index is 13.7. The second-order valence-corrected chi connectivity index (χ2v) is 11.2. The van der Waals surface area contributed by atoms with Gasteiger partial charge < -0.3 is 30.4 Å². The Morgan fingerprint density at radius 2 is 1.76 bits per heavy atom. The molecule has 224 valence electrons. The van der Waals surface area contributed by atoms with E-state index in [4.69, 9.17) is 0 Å². The lowest BCUT2D eigenvalue weighted by Gasteiger charge is -2.43. The summed E-state index contributed by atoms with van der Waals surface area (Å²) in [6.45, 7) is 6.98. The van der Waals surface area contributed by atoms with E-state index in [0.29, 0.717) is 37.5 Å². The Morgan fingerprint density at radius 3 is 2.36 bits per heavy atom. The maximum absolute atomic E-state index is 13.7. The molecule has 4 amide bonds. The highest BCUT2D eigenvalue weighted by Gasteiger charge is 2.54. The fourth-order valence-electron chi connectivity index (χ4n) is 5.57. The molecule has 0 saturated carbocycles. The highest BCUT2D eigenvalue weighted by Crippen LogP contribution is 2.39. The third kappa shape index (κ3) is 6.29. The zero-order chi connectivity index (χ0) is 30.6. The van der Waals surface area contributed by atoms with Gasteiger partial charge in [0.15, 0.2) is 0 Å². The van der Waals surface area contributed by atoms with Crippen molar-refractivity contribution in [1.29, 1.82) is 0 Å². The topological polar surface area (TPSA) is 165 Å². The largest absolute Gasteiger partial charge is 0.480 e. The Bertz CT molecular complexity index is 1360. The van der Waals surface area contributed by atoms with Crippen LogP contribution in [-0.4, -0.2) is 88.1 Å². The number of carbonyl (C=O) groups excluding carboxylic acids is 3. The molecule has 2 aromatic carbocycles. The molecule has 1 atom stereocenters. The van der Waals surface area contributed by atoms with E-state index in [1.54, 1.807) is 6.92 Å². The number of likely N-dealkylation sites (tertiary alicyclic amines) is 1. The van der Waals surface area contributed by atoms with E-state index in [9.17, 15) is 34.4 Å². The number of rotatable bonds is 9. The van der Waals surface area contributed by atoms with Crippen molar-refractivity contribution in [2.45, 2.75) is 45.2 Å². The molecule has 4 rings (SSSR count). The molecule has 0 aromatic heterocycles. The number of aliphatic carboxylic acids is 1. The standard InChI is InChI=1S/C29H36N6O7/c1-19(2)17-33-18-34(21-7-5-4-6-8-21)29(27(33)39)11-13-32(14-12-29)28(40)30-16-24(26(37)38)31-25(36)23-15-22(35(41)42)10-9-20(23)3/h4-10,15,19,24H,11-14,16-18H2,1-3H3,(H,30,40)(H,31,36)(H,37,38). The summed E-state index contributed by atoms with van der Waals surface area (Å²) in [6, 6.07) is 11.5. The van der Waals surface area contributed by atoms with Gasteiger partial charge in [-0.15, -0.1) is 0 Å². The van der Waals surface area contributed by atoms with Gasteiger partial charge >= 0.3 is 12.0 Å². The highest BCUT2D eigenvalue weighted by atomic mass is 16.6. The quantitative estimate of drug-likeness (QED) is 0.301. The van der Waals surface area contributed by atoms with Crippen LogP contribution in [0.3, 0.4) is 0 Å². The number of hydrogen-bond acceptors (Lipinski definition) is 7. The lowest BCUT2D eigenvalue weighted by molar-refractivity contribution is -0.384. The summed E-state index contributed by atoms with van der Waals surface area (Å²) in [5, 5.41) is 25.7. The van der Waals surface area contributed by atoms with Crippen LogP contribution >= 0.6 is 0 Å². The first kappa shape index (κ1) is 30.3. The summed E-state index contributed by atoms with van der Waals surface area (Å²) in [4.78, 5) is 67.3. The van der Waals surface area contributed by atoms with Crippen LogP contribution in [-0.2, 0) is 9.59 Å².